The van der Waals surface area contributed by atoms with Crippen molar-refractivity contribution in [1.82, 2.24) is 0 Å². The van der Waals surface area contributed by atoms with Gasteiger partial charge in [0.25, 0.3) is 0 Å². The molecule has 0 saturated heterocycles. The molecule has 0 aromatic heterocycles. The van der Waals surface area contributed by atoms with E-state index in [0.29, 0.717) is 0 Å². The van der Waals surface area contributed by atoms with E-state index in [1.165, 1.54) is 0 Å². The zero-order chi connectivity index (χ0) is 7.89. The number of halogens is 5. The van der Waals surface area contributed by atoms with Crippen molar-refractivity contribution in [2.45, 2.75) is 4.83 Å². The first kappa shape index (κ1) is 9.96. The van der Waals surface area contributed by atoms with E-state index in [9.17, 15) is 0 Å². The molecule has 0 bridgehead atoms. The van der Waals surface area contributed by atoms with Crippen LogP contribution in [0.25, 0.3) is 0 Å². The zero-order valence-electron chi connectivity index (χ0n) is 4.47. The average Bonchev–Trinajstić information content (AvgIpc) is 2.07. The molecule has 0 saturated carbocycles. The summed E-state index contributed by atoms with van der Waals surface area (Å²) in [5.74, 6) is 0. The third kappa shape index (κ3) is 1.63. The van der Waals surface area contributed by atoms with Crippen LogP contribution in [0.15, 0.2) is 17.9 Å². The van der Waals surface area contributed by atoms with Gasteiger partial charge in [0.15, 0.2) is 0 Å². The van der Waals surface area contributed by atoms with Gasteiger partial charge in [0.05, 0.1) is 4.83 Å². The van der Waals surface area contributed by atoms with Gasteiger partial charge in [-0.05, 0) is 31.9 Å². The van der Waals surface area contributed by atoms with Crippen LogP contribution >= 0.6 is 79.6 Å². The maximum atomic E-state index is 3.48. The van der Waals surface area contributed by atoms with Gasteiger partial charge in [-0.2, -0.15) is 0 Å². The smallest absolute Gasteiger partial charge is 0.0774 e. The predicted molar refractivity (Wildman–Crippen MR) is 62.5 cm³/mol. The van der Waals surface area contributed by atoms with Crippen molar-refractivity contribution in [2.75, 3.05) is 0 Å². The lowest BCUT2D eigenvalue weighted by molar-refractivity contribution is 1.46. The topological polar surface area (TPSA) is 0 Å². The van der Waals surface area contributed by atoms with Crippen molar-refractivity contribution in [3.8, 4) is 0 Å². The lowest BCUT2D eigenvalue weighted by Crippen LogP contribution is -1.90. The normalized spacial score (nSPS) is 21.3. The summed E-state index contributed by atoms with van der Waals surface area (Å²) < 4.78 is 4.32. The Balaban J connectivity index is 3.09. The van der Waals surface area contributed by atoms with Gasteiger partial charge in [-0.25, -0.2) is 0 Å². The van der Waals surface area contributed by atoms with Crippen LogP contribution < -0.4 is 0 Å². The van der Waals surface area contributed by atoms with Crippen LogP contribution in [0, 0.1) is 0 Å². The molecule has 0 radical (unpaired) electrons. The lowest BCUT2D eigenvalue weighted by atomic mass is 10.5. The quantitative estimate of drug-likeness (QED) is 0.457. The minimum Gasteiger partial charge on any atom is -0.0774 e. The fraction of sp³-hybridized carbons (Fsp3) is 0.200. The highest BCUT2D eigenvalue weighted by Gasteiger charge is 2.26. The van der Waals surface area contributed by atoms with Crippen molar-refractivity contribution in [1.29, 1.82) is 0 Å². The molecule has 0 spiro atoms. The molecule has 0 aliphatic heterocycles. The maximum absolute atomic E-state index is 3.48. The zero-order valence-corrected chi connectivity index (χ0v) is 12.4. The van der Waals surface area contributed by atoms with Gasteiger partial charge in [-0.15, -0.1) is 0 Å². The van der Waals surface area contributed by atoms with Crippen LogP contribution in [0.5, 0.6) is 0 Å². The third-order valence-corrected chi connectivity index (χ3v) is 8.15. The summed E-state index contributed by atoms with van der Waals surface area (Å²) in [5, 5.41) is 0. The average molecular weight is 461 g/mol. The number of alkyl halides is 1. The number of allylic oxidation sites excluding steroid dienone is 4. The number of rotatable bonds is 0. The molecule has 1 rings (SSSR count). The van der Waals surface area contributed by atoms with Gasteiger partial charge < -0.3 is 0 Å². The highest BCUT2D eigenvalue weighted by Crippen LogP contribution is 2.47. The van der Waals surface area contributed by atoms with Crippen molar-refractivity contribution in [2.24, 2.45) is 0 Å². The molecule has 1 aliphatic carbocycles. The van der Waals surface area contributed by atoms with E-state index in [0.717, 1.165) is 17.9 Å². The van der Waals surface area contributed by atoms with E-state index in [2.05, 4.69) is 79.6 Å². The first-order valence-corrected chi connectivity index (χ1v) is 6.39. The minimum absolute atomic E-state index is 0.247. The minimum atomic E-state index is 0.247. The molecule has 0 nitrogen and oxygen atoms in total. The van der Waals surface area contributed by atoms with Crippen LogP contribution in [-0.4, -0.2) is 4.83 Å². The molecular formula is C5HBr5. The largest absolute Gasteiger partial charge is 0.0798 e. The molecule has 0 aromatic carbocycles. The van der Waals surface area contributed by atoms with Crippen molar-refractivity contribution in [3.05, 3.63) is 17.9 Å². The number of hydrogen-bond acceptors (Lipinski definition) is 0. The Kier molecular flexibility index (Phi) is 3.71. The van der Waals surface area contributed by atoms with Gasteiger partial charge in [-0.1, -0.05) is 47.8 Å². The van der Waals surface area contributed by atoms with E-state index in [-0.39, 0.29) is 4.83 Å². The lowest BCUT2D eigenvalue weighted by Gasteiger charge is -1.98. The van der Waals surface area contributed by atoms with Crippen LogP contribution in [-0.2, 0) is 0 Å². The molecule has 0 N–H and O–H groups in total. The first-order valence-electron chi connectivity index (χ1n) is 2.30. The third-order valence-electron chi connectivity index (χ3n) is 1.06. The first-order chi connectivity index (χ1) is 4.55. The molecule has 1 aliphatic rings. The van der Waals surface area contributed by atoms with Crippen molar-refractivity contribution in [3.63, 3.8) is 0 Å². The molecule has 0 unspecified atom stereocenters. The van der Waals surface area contributed by atoms with E-state index in [4.69, 9.17) is 0 Å². The van der Waals surface area contributed by atoms with Crippen LogP contribution in [0.4, 0.5) is 0 Å². The second-order valence-electron chi connectivity index (χ2n) is 1.69. The van der Waals surface area contributed by atoms with Crippen molar-refractivity contribution < 1.29 is 0 Å². The summed E-state index contributed by atoms with van der Waals surface area (Å²) in [5.41, 5.74) is 0. The molecule has 0 fully saturated rings. The Hall–Kier alpha value is 1.88. The molecular weight excluding hydrogens is 460 g/mol. The molecule has 0 aromatic rings. The summed E-state index contributed by atoms with van der Waals surface area (Å²) in [6, 6.07) is 0. The highest BCUT2D eigenvalue weighted by molar-refractivity contribution is 9.18. The van der Waals surface area contributed by atoms with Crippen LogP contribution in [0.2, 0.25) is 0 Å². The molecule has 0 heterocycles. The molecule has 56 valence electrons. The van der Waals surface area contributed by atoms with E-state index in [1.54, 1.807) is 0 Å². The van der Waals surface area contributed by atoms with Gasteiger partial charge in [-0.3, -0.25) is 0 Å². The number of hydrogen-bond donors (Lipinski definition) is 0. The standard InChI is InChI=1S/C5HBr5/c6-1-2(7)4(9)5(10)3(1)8/h1H. The van der Waals surface area contributed by atoms with E-state index in [1.807, 2.05) is 0 Å². The van der Waals surface area contributed by atoms with Crippen LogP contribution in [0.1, 0.15) is 0 Å². The van der Waals surface area contributed by atoms with E-state index < -0.39 is 0 Å². The van der Waals surface area contributed by atoms with Crippen molar-refractivity contribution >= 4 is 79.6 Å². The summed E-state index contributed by atoms with van der Waals surface area (Å²) in [4.78, 5) is 0.247. The second kappa shape index (κ2) is 3.73. The fourth-order valence-electron chi connectivity index (χ4n) is 0.543. The van der Waals surface area contributed by atoms with Gasteiger partial charge in [0.1, 0.15) is 0 Å². The molecule has 0 atom stereocenters. The monoisotopic (exact) mass is 456 g/mol. The second-order valence-corrected chi connectivity index (χ2v) is 5.90. The SMILES string of the molecule is BrC1=C(Br)C(Br)C(Br)=C1Br. The molecule has 10 heavy (non-hydrogen) atoms. The Morgan fingerprint density at radius 2 is 1.10 bits per heavy atom. The Labute approximate surface area is 101 Å². The fourth-order valence-corrected chi connectivity index (χ4v) is 4.19. The van der Waals surface area contributed by atoms with Gasteiger partial charge in [0.2, 0.25) is 0 Å². The Morgan fingerprint density at radius 3 is 1.20 bits per heavy atom. The highest BCUT2D eigenvalue weighted by atomic mass is 79.9. The summed E-state index contributed by atoms with van der Waals surface area (Å²) in [6.45, 7) is 0. The Bertz CT molecular complexity index is 202. The summed E-state index contributed by atoms with van der Waals surface area (Å²) in [7, 11) is 0. The predicted octanol–water partition coefficient (Wildman–Crippen LogP) is 4.77. The summed E-state index contributed by atoms with van der Waals surface area (Å²) in [6.07, 6.45) is 0. The van der Waals surface area contributed by atoms with Gasteiger partial charge in [0, 0.05) is 17.9 Å². The maximum Gasteiger partial charge on any atom is 0.0798 e. The molecule has 5 heteroatoms. The summed E-state index contributed by atoms with van der Waals surface area (Å²) >= 11 is 17.2. The van der Waals surface area contributed by atoms with Crippen LogP contribution in [0.3, 0.4) is 0 Å². The molecule has 0 amide bonds. The van der Waals surface area contributed by atoms with E-state index >= 15 is 0 Å². The van der Waals surface area contributed by atoms with Gasteiger partial charge >= 0.3 is 0 Å². The Morgan fingerprint density at radius 1 is 0.800 bits per heavy atom.